The Morgan fingerprint density at radius 2 is 1.92 bits per heavy atom. The van der Waals surface area contributed by atoms with Crippen molar-refractivity contribution in [2.24, 2.45) is 11.3 Å². The number of aryl methyl sites for hydroxylation is 1. The maximum Gasteiger partial charge on any atom is 0.302 e. The summed E-state index contributed by atoms with van der Waals surface area (Å²) in [6.07, 6.45) is 3.93. The van der Waals surface area contributed by atoms with E-state index in [0.717, 1.165) is 31.2 Å². The quantitative estimate of drug-likeness (QED) is 0.760. The van der Waals surface area contributed by atoms with Crippen LogP contribution in [0.5, 0.6) is 5.75 Å². The molecule has 3 heteroatoms. The highest BCUT2D eigenvalue weighted by atomic mass is 16.5. The predicted octanol–water partition coefficient (Wildman–Crippen LogP) is 5.09. The topological polar surface area (TPSA) is 46.5 Å². The molecule has 0 radical (unpaired) electrons. The van der Waals surface area contributed by atoms with Crippen molar-refractivity contribution in [2.45, 2.75) is 84.7 Å². The van der Waals surface area contributed by atoms with E-state index in [9.17, 15) is 9.90 Å². The number of carbonyl (C=O) groups excluding carboxylic acids is 1. The van der Waals surface area contributed by atoms with Gasteiger partial charge in [0.15, 0.2) is 0 Å². The van der Waals surface area contributed by atoms with Crippen LogP contribution in [0.3, 0.4) is 0 Å². The highest BCUT2D eigenvalue weighted by molar-refractivity contribution is 5.66. The Morgan fingerprint density at radius 1 is 1.24 bits per heavy atom. The van der Waals surface area contributed by atoms with E-state index in [0.29, 0.717) is 17.6 Å². The number of rotatable bonds is 2. The SMILES string of the molecule is CC(=O)OC1CC(C)(C)C2CCc3cc(C(C)C)c(O)cc3C2(C)C1. The van der Waals surface area contributed by atoms with E-state index < -0.39 is 0 Å². The van der Waals surface area contributed by atoms with Crippen molar-refractivity contribution in [1.29, 1.82) is 0 Å². The van der Waals surface area contributed by atoms with Crippen LogP contribution in [0, 0.1) is 11.3 Å². The predicted molar refractivity (Wildman–Crippen MR) is 99.9 cm³/mol. The van der Waals surface area contributed by atoms with Gasteiger partial charge in [-0.3, -0.25) is 4.79 Å². The van der Waals surface area contributed by atoms with Gasteiger partial charge < -0.3 is 9.84 Å². The summed E-state index contributed by atoms with van der Waals surface area (Å²) >= 11 is 0. The summed E-state index contributed by atoms with van der Waals surface area (Å²) in [5.74, 6) is 1.05. The Kier molecular flexibility index (Phi) is 4.41. The molecule has 0 amide bonds. The standard InChI is InChI=1S/C22H32O3/c1-13(2)17-9-15-7-8-20-21(4,5)11-16(25-14(3)23)12-22(20,6)18(15)10-19(17)24/h9-10,13,16,20,24H,7-8,11-12H2,1-6H3. The van der Waals surface area contributed by atoms with Crippen LogP contribution in [0.15, 0.2) is 12.1 Å². The van der Waals surface area contributed by atoms with E-state index >= 15 is 0 Å². The average Bonchev–Trinajstić information content (AvgIpc) is 2.44. The van der Waals surface area contributed by atoms with Gasteiger partial charge in [-0.2, -0.15) is 0 Å². The number of phenols is 1. The molecule has 0 bridgehead atoms. The lowest BCUT2D eigenvalue weighted by Gasteiger charge is -2.56. The molecule has 3 rings (SSSR count). The summed E-state index contributed by atoms with van der Waals surface area (Å²) < 4.78 is 5.65. The smallest absolute Gasteiger partial charge is 0.302 e. The number of ether oxygens (including phenoxy) is 1. The van der Waals surface area contributed by atoms with Crippen molar-refractivity contribution < 1.29 is 14.6 Å². The molecule has 0 saturated heterocycles. The van der Waals surface area contributed by atoms with E-state index in [4.69, 9.17) is 4.74 Å². The van der Waals surface area contributed by atoms with Gasteiger partial charge >= 0.3 is 5.97 Å². The summed E-state index contributed by atoms with van der Waals surface area (Å²) in [6.45, 7) is 12.7. The number of benzene rings is 1. The van der Waals surface area contributed by atoms with Crippen LogP contribution in [-0.2, 0) is 21.4 Å². The molecule has 0 spiro atoms. The second-order valence-corrected chi connectivity index (χ2v) is 9.36. The van der Waals surface area contributed by atoms with Crippen LogP contribution in [0.1, 0.15) is 83.4 Å². The van der Waals surface area contributed by atoms with E-state index in [1.807, 2.05) is 6.07 Å². The van der Waals surface area contributed by atoms with Crippen LogP contribution >= 0.6 is 0 Å². The first-order valence-electron chi connectivity index (χ1n) is 9.58. The highest BCUT2D eigenvalue weighted by Gasteiger charge is 2.53. The first-order chi connectivity index (χ1) is 11.5. The van der Waals surface area contributed by atoms with Gasteiger partial charge in [-0.1, -0.05) is 40.7 Å². The number of carbonyl (C=O) groups is 1. The Balaban J connectivity index is 2.08. The monoisotopic (exact) mass is 344 g/mol. The summed E-state index contributed by atoms with van der Waals surface area (Å²) in [6, 6.07) is 4.21. The maximum atomic E-state index is 11.5. The normalized spacial score (nSPS) is 30.5. The van der Waals surface area contributed by atoms with Crippen molar-refractivity contribution in [3.8, 4) is 5.75 Å². The molecule has 2 aliphatic rings. The minimum Gasteiger partial charge on any atom is -0.508 e. The minimum absolute atomic E-state index is 0.0494. The Morgan fingerprint density at radius 3 is 2.52 bits per heavy atom. The van der Waals surface area contributed by atoms with Gasteiger partial charge in [-0.25, -0.2) is 0 Å². The molecule has 1 fully saturated rings. The Bertz CT molecular complexity index is 689. The van der Waals surface area contributed by atoms with Gasteiger partial charge in [0.2, 0.25) is 0 Å². The average molecular weight is 344 g/mol. The third-order valence-electron chi connectivity index (χ3n) is 6.64. The van der Waals surface area contributed by atoms with Gasteiger partial charge in [0, 0.05) is 6.92 Å². The number of phenolic OH excluding ortho intramolecular Hbond substituents is 1. The number of aromatic hydroxyl groups is 1. The first-order valence-corrected chi connectivity index (χ1v) is 9.58. The zero-order valence-electron chi connectivity index (χ0n) is 16.5. The Hall–Kier alpha value is -1.51. The fourth-order valence-corrected chi connectivity index (χ4v) is 5.76. The molecule has 1 saturated carbocycles. The second-order valence-electron chi connectivity index (χ2n) is 9.36. The van der Waals surface area contributed by atoms with Gasteiger partial charge in [0.1, 0.15) is 11.9 Å². The summed E-state index contributed by atoms with van der Waals surface area (Å²) in [7, 11) is 0. The molecular formula is C22H32O3. The maximum absolute atomic E-state index is 11.5. The Labute approximate surface area is 151 Å². The second kappa shape index (κ2) is 6.03. The fourth-order valence-electron chi connectivity index (χ4n) is 5.76. The molecule has 3 atom stereocenters. The summed E-state index contributed by atoms with van der Waals surface area (Å²) in [5, 5.41) is 10.6. The molecule has 25 heavy (non-hydrogen) atoms. The summed E-state index contributed by atoms with van der Waals surface area (Å²) in [5.41, 5.74) is 3.70. The minimum atomic E-state index is -0.197. The molecule has 0 aliphatic heterocycles. The van der Waals surface area contributed by atoms with Gasteiger partial charge in [0.25, 0.3) is 0 Å². The van der Waals surface area contributed by atoms with Crippen molar-refractivity contribution in [3.63, 3.8) is 0 Å². The van der Waals surface area contributed by atoms with Gasteiger partial charge in [0.05, 0.1) is 0 Å². The van der Waals surface area contributed by atoms with Crippen molar-refractivity contribution in [3.05, 3.63) is 28.8 Å². The number of fused-ring (bicyclic) bond motifs is 3. The van der Waals surface area contributed by atoms with Crippen molar-refractivity contribution in [2.75, 3.05) is 0 Å². The van der Waals surface area contributed by atoms with Crippen LogP contribution < -0.4 is 0 Å². The zero-order valence-corrected chi connectivity index (χ0v) is 16.5. The molecule has 1 N–H and O–H groups in total. The number of hydrogen-bond donors (Lipinski definition) is 1. The van der Waals surface area contributed by atoms with E-state index in [1.165, 1.54) is 18.1 Å². The van der Waals surface area contributed by atoms with Crippen molar-refractivity contribution >= 4 is 5.97 Å². The lowest BCUT2D eigenvalue weighted by Crippen LogP contribution is -2.52. The molecule has 3 nitrogen and oxygen atoms in total. The van der Waals surface area contributed by atoms with Crippen LogP contribution in [0.25, 0.3) is 0 Å². The van der Waals surface area contributed by atoms with Crippen LogP contribution in [0.2, 0.25) is 0 Å². The molecular weight excluding hydrogens is 312 g/mol. The van der Waals surface area contributed by atoms with E-state index in [1.54, 1.807) is 0 Å². The molecule has 138 valence electrons. The third-order valence-corrected chi connectivity index (χ3v) is 6.64. The molecule has 0 heterocycles. The molecule has 3 unspecified atom stereocenters. The third kappa shape index (κ3) is 3.07. The van der Waals surface area contributed by atoms with Crippen molar-refractivity contribution in [1.82, 2.24) is 0 Å². The lowest BCUT2D eigenvalue weighted by atomic mass is 9.49. The molecule has 1 aromatic rings. The lowest BCUT2D eigenvalue weighted by molar-refractivity contribution is -0.154. The fraction of sp³-hybridized carbons (Fsp3) is 0.682. The number of esters is 1. The molecule has 1 aromatic carbocycles. The largest absolute Gasteiger partial charge is 0.508 e. The molecule has 0 aromatic heterocycles. The van der Waals surface area contributed by atoms with E-state index in [2.05, 4.69) is 40.7 Å². The van der Waals surface area contributed by atoms with E-state index in [-0.39, 0.29) is 22.9 Å². The van der Waals surface area contributed by atoms with Gasteiger partial charge in [-0.15, -0.1) is 0 Å². The van der Waals surface area contributed by atoms with Gasteiger partial charge in [-0.05, 0) is 71.1 Å². The number of hydrogen-bond acceptors (Lipinski definition) is 3. The first kappa shape index (κ1) is 18.3. The zero-order chi connectivity index (χ0) is 18.6. The highest BCUT2D eigenvalue weighted by Crippen LogP contribution is 2.58. The summed E-state index contributed by atoms with van der Waals surface area (Å²) in [4.78, 5) is 11.5. The van der Waals surface area contributed by atoms with Crippen LogP contribution in [0.4, 0.5) is 0 Å². The molecule has 2 aliphatic carbocycles. The van der Waals surface area contributed by atoms with Crippen LogP contribution in [-0.4, -0.2) is 17.2 Å².